The van der Waals surface area contributed by atoms with Crippen LogP contribution in [0.25, 0.3) is 0 Å². The Kier molecular flexibility index (Phi) is 8.51. The lowest BCUT2D eigenvalue weighted by Crippen LogP contribution is -2.54. The monoisotopic (exact) mass is 592 g/mol. The molecule has 10 nitrogen and oxygen atoms in total. The summed E-state index contributed by atoms with van der Waals surface area (Å²) in [6.45, 7) is 4.67. The van der Waals surface area contributed by atoms with E-state index in [-0.39, 0.29) is 42.2 Å². The number of pyridine rings is 1. The molecular weight excluding hydrogens is 563 g/mol. The van der Waals surface area contributed by atoms with E-state index in [2.05, 4.69) is 37.6 Å². The number of imide groups is 2. The number of hydrogen-bond donors (Lipinski definition) is 2. The molecule has 4 amide bonds. The Morgan fingerprint density at radius 3 is 2.33 bits per heavy atom. The second-order valence-corrected chi connectivity index (χ2v) is 10.4. The zero-order valence-electron chi connectivity index (χ0n) is 22.7. The van der Waals surface area contributed by atoms with E-state index in [0.717, 1.165) is 49.0 Å². The van der Waals surface area contributed by atoms with E-state index in [1.54, 1.807) is 24.3 Å². The second-order valence-electron chi connectivity index (χ2n) is 10.4. The number of anilines is 2. The Hall–Kier alpha value is -4.35. The lowest BCUT2D eigenvalue weighted by Gasteiger charge is -2.35. The van der Waals surface area contributed by atoms with Crippen molar-refractivity contribution < 1.29 is 23.6 Å². The van der Waals surface area contributed by atoms with Crippen molar-refractivity contribution in [1.29, 1.82) is 0 Å². The highest BCUT2D eigenvalue weighted by molar-refractivity contribution is 6.25. The molecule has 0 bridgehead atoms. The summed E-state index contributed by atoms with van der Waals surface area (Å²) in [4.78, 5) is 59.9. The van der Waals surface area contributed by atoms with Crippen LogP contribution in [0.3, 0.4) is 0 Å². The van der Waals surface area contributed by atoms with Crippen LogP contribution in [-0.4, -0.2) is 70.6 Å². The standard InChI is InChI=1S/C30H29FN6O4.ClH/c31-21-8-10-25(33-17-21)36-14-12-35(13-15-36)18-20-6-4-19(5-7-20)16-32-23-3-1-2-22-27(23)30(41)37(29(22)40)24-9-11-26(38)34-28(24)39;/h1-8,10,17,24,32H,9,11-16,18H2,(H,34,38,39);1H. The molecular formula is C30H30ClFN6O4. The van der Waals surface area contributed by atoms with Crippen molar-refractivity contribution in [2.75, 3.05) is 36.4 Å². The number of carbonyl (C=O) groups is 4. The van der Waals surface area contributed by atoms with Gasteiger partial charge in [-0.25, -0.2) is 9.37 Å². The summed E-state index contributed by atoms with van der Waals surface area (Å²) in [6.07, 6.45) is 1.44. The van der Waals surface area contributed by atoms with Gasteiger partial charge in [0.25, 0.3) is 11.8 Å². The van der Waals surface area contributed by atoms with Crippen molar-refractivity contribution in [3.05, 3.63) is 88.9 Å². The van der Waals surface area contributed by atoms with Crippen LogP contribution < -0.4 is 15.5 Å². The van der Waals surface area contributed by atoms with Crippen LogP contribution in [0.5, 0.6) is 0 Å². The molecule has 1 atom stereocenters. The molecule has 2 saturated heterocycles. The van der Waals surface area contributed by atoms with Gasteiger partial charge in [-0.05, 0) is 41.8 Å². The Morgan fingerprint density at radius 1 is 0.905 bits per heavy atom. The van der Waals surface area contributed by atoms with Gasteiger partial charge in [0.05, 0.1) is 17.3 Å². The number of piperidine rings is 1. The molecule has 0 spiro atoms. The lowest BCUT2D eigenvalue weighted by molar-refractivity contribution is -0.136. The van der Waals surface area contributed by atoms with Crippen molar-refractivity contribution in [3.8, 4) is 0 Å². The zero-order chi connectivity index (χ0) is 28.5. The third-order valence-corrected chi connectivity index (χ3v) is 7.79. The molecule has 0 aliphatic carbocycles. The highest BCUT2D eigenvalue weighted by Gasteiger charge is 2.45. The fraction of sp³-hybridized carbons (Fsp3) is 0.300. The van der Waals surface area contributed by atoms with E-state index < -0.39 is 29.7 Å². The summed E-state index contributed by atoms with van der Waals surface area (Å²) >= 11 is 0. The average Bonchev–Trinajstić information content (AvgIpc) is 3.23. The first-order valence-corrected chi connectivity index (χ1v) is 13.6. The Balaban J connectivity index is 0.00000353. The molecule has 0 radical (unpaired) electrons. The molecule has 12 heteroatoms. The van der Waals surface area contributed by atoms with Gasteiger partial charge in [-0.1, -0.05) is 30.3 Å². The van der Waals surface area contributed by atoms with Gasteiger partial charge in [-0.15, -0.1) is 12.4 Å². The molecule has 2 N–H and O–H groups in total. The smallest absolute Gasteiger partial charge is 0.264 e. The number of piperazine rings is 1. The van der Waals surface area contributed by atoms with E-state index in [1.165, 1.54) is 17.8 Å². The number of benzene rings is 2. The van der Waals surface area contributed by atoms with Crippen LogP contribution in [0.2, 0.25) is 0 Å². The lowest BCUT2D eigenvalue weighted by atomic mass is 10.0. The van der Waals surface area contributed by atoms with Crippen molar-refractivity contribution in [3.63, 3.8) is 0 Å². The summed E-state index contributed by atoms with van der Waals surface area (Å²) in [7, 11) is 0. The van der Waals surface area contributed by atoms with Gasteiger partial charge in [0.15, 0.2) is 0 Å². The number of halogens is 2. The quantitative estimate of drug-likeness (QED) is 0.403. The maximum absolute atomic E-state index is 13.3. The highest BCUT2D eigenvalue weighted by Crippen LogP contribution is 2.32. The fourth-order valence-electron chi connectivity index (χ4n) is 5.57. The molecule has 2 fully saturated rings. The minimum atomic E-state index is -0.997. The number of rotatable bonds is 7. The summed E-state index contributed by atoms with van der Waals surface area (Å²) in [5.74, 6) is -1.63. The van der Waals surface area contributed by atoms with Gasteiger partial charge >= 0.3 is 0 Å². The van der Waals surface area contributed by atoms with E-state index >= 15 is 0 Å². The van der Waals surface area contributed by atoms with Gasteiger partial charge < -0.3 is 10.2 Å². The van der Waals surface area contributed by atoms with E-state index in [9.17, 15) is 23.6 Å². The minimum Gasteiger partial charge on any atom is -0.380 e. The predicted molar refractivity (Wildman–Crippen MR) is 156 cm³/mol. The fourth-order valence-corrected chi connectivity index (χ4v) is 5.57. The second kappa shape index (κ2) is 12.3. The molecule has 42 heavy (non-hydrogen) atoms. The first kappa shape index (κ1) is 29.2. The summed E-state index contributed by atoms with van der Waals surface area (Å²) in [6, 6.07) is 15.4. The van der Waals surface area contributed by atoms with Crippen molar-refractivity contribution >= 4 is 47.5 Å². The molecule has 3 aromatic rings. The topological polar surface area (TPSA) is 115 Å². The largest absolute Gasteiger partial charge is 0.380 e. The normalized spacial score (nSPS) is 18.9. The van der Waals surface area contributed by atoms with Crippen LogP contribution in [-0.2, 0) is 22.7 Å². The first-order valence-electron chi connectivity index (χ1n) is 13.6. The molecule has 218 valence electrons. The van der Waals surface area contributed by atoms with E-state index in [4.69, 9.17) is 0 Å². The molecule has 4 heterocycles. The molecule has 1 unspecified atom stereocenters. The van der Waals surface area contributed by atoms with Crippen LogP contribution in [0.15, 0.2) is 60.8 Å². The number of fused-ring (bicyclic) bond motifs is 1. The summed E-state index contributed by atoms with van der Waals surface area (Å²) in [5.41, 5.74) is 3.21. The van der Waals surface area contributed by atoms with Gasteiger partial charge in [0.2, 0.25) is 11.8 Å². The SMILES string of the molecule is Cl.O=C1CCC(N2C(=O)c3cccc(NCc4ccc(CN5CCN(c6ccc(F)cn6)CC5)cc4)c3C2=O)C(=O)N1. The van der Waals surface area contributed by atoms with Crippen LogP contribution in [0.4, 0.5) is 15.9 Å². The average molecular weight is 593 g/mol. The van der Waals surface area contributed by atoms with Crippen molar-refractivity contribution in [1.82, 2.24) is 20.1 Å². The molecule has 3 aliphatic heterocycles. The number of hydrogen-bond acceptors (Lipinski definition) is 8. The predicted octanol–water partition coefficient (Wildman–Crippen LogP) is 2.98. The highest BCUT2D eigenvalue weighted by atomic mass is 35.5. The van der Waals surface area contributed by atoms with Crippen molar-refractivity contribution in [2.45, 2.75) is 32.0 Å². The number of nitrogens with one attached hydrogen (secondary N) is 2. The van der Waals surface area contributed by atoms with Crippen LogP contribution in [0.1, 0.15) is 44.7 Å². The molecule has 3 aliphatic rings. The molecule has 1 aromatic heterocycles. The third kappa shape index (κ3) is 5.83. The number of amides is 4. The number of nitrogens with zero attached hydrogens (tertiary/aromatic N) is 4. The number of aromatic nitrogens is 1. The maximum atomic E-state index is 13.3. The Morgan fingerprint density at radius 2 is 1.64 bits per heavy atom. The molecule has 2 aromatic carbocycles. The van der Waals surface area contributed by atoms with Gasteiger partial charge in [-0.3, -0.25) is 34.3 Å². The van der Waals surface area contributed by atoms with Crippen LogP contribution in [0, 0.1) is 5.82 Å². The maximum Gasteiger partial charge on any atom is 0.264 e. The zero-order valence-corrected chi connectivity index (χ0v) is 23.5. The third-order valence-electron chi connectivity index (χ3n) is 7.79. The van der Waals surface area contributed by atoms with Gasteiger partial charge in [-0.2, -0.15) is 0 Å². The van der Waals surface area contributed by atoms with Crippen molar-refractivity contribution in [2.24, 2.45) is 0 Å². The first-order chi connectivity index (χ1) is 19.9. The Bertz CT molecular complexity index is 1510. The minimum absolute atomic E-state index is 0. The van der Waals surface area contributed by atoms with E-state index in [0.29, 0.717) is 12.2 Å². The molecule has 0 saturated carbocycles. The summed E-state index contributed by atoms with van der Waals surface area (Å²) in [5, 5.41) is 5.50. The summed E-state index contributed by atoms with van der Waals surface area (Å²) < 4.78 is 13.2. The molecule has 6 rings (SSSR count). The van der Waals surface area contributed by atoms with E-state index in [1.807, 2.05) is 12.1 Å². The Labute approximate surface area is 248 Å². The number of carbonyl (C=O) groups excluding carboxylic acids is 4. The van der Waals surface area contributed by atoms with Gasteiger partial charge in [0.1, 0.15) is 17.7 Å². The van der Waals surface area contributed by atoms with Gasteiger partial charge in [0, 0.05) is 51.4 Å². The van der Waals surface area contributed by atoms with Crippen LogP contribution >= 0.6 is 12.4 Å².